The topological polar surface area (TPSA) is 118 Å². The summed E-state index contributed by atoms with van der Waals surface area (Å²) in [5, 5.41) is 16.7. The number of nitrogens with zero attached hydrogens (tertiary/aromatic N) is 4. The van der Waals surface area contributed by atoms with Crippen LogP contribution in [0.4, 0.5) is 13.2 Å². The molecule has 1 aliphatic heterocycles. The van der Waals surface area contributed by atoms with Gasteiger partial charge >= 0.3 is 6.18 Å². The van der Waals surface area contributed by atoms with Gasteiger partial charge in [0.25, 0.3) is 0 Å². The van der Waals surface area contributed by atoms with Gasteiger partial charge in [0, 0.05) is 52.9 Å². The first kappa shape index (κ1) is 27.8. The van der Waals surface area contributed by atoms with E-state index in [4.69, 9.17) is 15.2 Å². The fraction of sp³-hybridized carbons (Fsp3) is 0.533. The molecule has 2 aromatic heterocycles. The first-order valence-corrected chi connectivity index (χ1v) is 13.9. The van der Waals surface area contributed by atoms with Gasteiger partial charge < -0.3 is 20.3 Å². The maximum Gasteiger partial charge on any atom is 0.393 e. The Morgan fingerprint density at radius 1 is 1.05 bits per heavy atom. The number of aliphatic hydroxyl groups is 1. The van der Waals surface area contributed by atoms with Gasteiger partial charge in [0.1, 0.15) is 5.60 Å². The predicted octanol–water partition coefficient (Wildman–Crippen LogP) is 4.50. The first-order valence-electron chi connectivity index (χ1n) is 13.9. The number of carbonyl (C=O) groups excluding carboxylic acids is 1. The van der Waals surface area contributed by atoms with Gasteiger partial charge in [-0.1, -0.05) is 36.3 Å². The summed E-state index contributed by atoms with van der Waals surface area (Å²) in [5.74, 6) is 0.660. The smallest absolute Gasteiger partial charge is 0.380 e. The minimum Gasteiger partial charge on any atom is -0.380 e. The van der Waals surface area contributed by atoms with Crippen LogP contribution in [-0.2, 0) is 22.2 Å². The van der Waals surface area contributed by atoms with Crippen molar-refractivity contribution >= 4 is 5.91 Å². The second-order valence-electron chi connectivity index (χ2n) is 12.7. The zero-order chi connectivity index (χ0) is 29.3. The Labute approximate surface area is 236 Å². The number of rotatable bonds is 7. The van der Waals surface area contributed by atoms with Crippen LogP contribution in [0.1, 0.15) is 68.0 Å². The highest BCUT2D eigenvalue weighted by Gasteiger charge is 2.56. The van der Waals surface area contributed by atoms with Crippen molar-refractivity contribution in [3.05, 3.63) is 65.3 Å². The number of fused-ring (bicyclic) bond motifs is 3. The number of benzene rings is 1. The molecular formula is C30H34F3N5O3. The minimum absolute atomic E-state index is 0.128. The van der Waals surface area contributed by atoms with Crippen LogP contribution in [0.2, 0.25) is 0 Å². The number of pyridine rings is 1. The highest BCUT2D eigenvalue weighted by molar-refractivity contribution is 5.81. The molecule has 3 aliphatic carbocycles. The summed E-state index contributed by atoms with van der Waals surface area (Å²) in [6.07, 6.45) is 2.23. The standard InChI is InChI=1S/C30H34F3N5O3/c1-26(17-38(2)18-26)30(40,21-5-3-19(4-6-21)14-29(31,32)33)22-13-20(15-35-16-22)23-36-25(41-37-23)28-10-7-27(8-11-28,9-12-28)24(34)39/h3-6,13,15-16,40H,7-12,14,17-18H2,1-2H3,(H2,34,39)/t27?,28?,30-/m0/s1. The van der Waals surface area contributed by atoms with Crippen LogP contribution in [0.5, 0.6) is 0 Å². The maximum atomic E-state index is 13.0. The number of alkyl halides is 3. The van der Waals surface area contributed by atoms with Crippen molar-refractivity contribution < 1.29 is 27.6 Å². The summed E-state index contributed by atoms with van der Waals surface area (Å²) in [5.41, 5.74) is 4.54. The van der Waals surface area contributed by atoms with Crippen molar-refractivity contribution in [3.63, 3.8) is 0 Å². The maximum absolute atomic E-state index is 13.0. The molecule has 218 valence electrons. The van der Waals surface area contributed by atoms with Crippen LogP contribution in [0.25, 0.3) is 11.4 Å². The summed E-state index contributed by atoms with van der Waals surface area (Å²) in [4.78, 5) is 23.3. The van der Waals surface area contributed by atoms with Crippen LogP contribution >= 0.6 is 0 Å². The van der Waals surface area contributed by atoms with E-state index in [-0.39, 0.29) is 16.9 Å². The number of hydrogen-bond acceptors (Lipinski definition) is 7. The number of hydrogen-bond donors (Lipinski definition) is 2. The largest absolute Gasteiger partial charge is 0.393 e. The van der Waals surface area contributed by atoms with Crippen LogP contribution in [0.15, 0.2) is 47.2 Å². The molecule has 1 atom stereocenters. The summed E-state index contributed by atoms with van der Waals surface area (Å²) in [6, 6.07) is 7.76. The molecule has 1 saturated heterocycles. The molecule has 1 amide bonds. The summed E-state index contributed by atoms with van der Waals surface area (Å²) < 4.78 is 44.7. The minimum atomic E-state index is -4.32. The number of amides is 1. The van der Waals surface area contributed by atoms with Gasteiger partial charge in [0.15, 0.2) is 0 Å². The third kappa shape index (κ3) is 4.53. The van der Waals surface area contributed by atoms with E-state index < -0.39 is 29.0 Å². The zero-order valence-electron chi connectivity index (χ0n) is 23.2. The van der Waals surface area contributed by atoms with Crippen LogP contribution < -0.4 is 5.73 Å². The Kier molecular flexibility index (Phi) is 6.35. The van der Waals surface area contributed by atoms with E-state index in [1.54, 1.807) is 30.6 Å². The Hall–Kier alpha value is -3.31. The van der Waals surface area contributed by atoms with Gasteiger partial charge in [-0.15, -0.1) is 0 Å². The zero-order valence-corrected chi connectivity index (χ0v) is 23.2. The second kappa shape index (κ2) is 9.35. The molecular weight excluding hydrogens is 535 g/mol. The molecule has 4 fully saturated rings. The molecule has 3 aromatic rings. The molecule has 0 radical (unpaired) electrons. The summed E-state index contributed by atoms with van der Waals surface area (Å²) in [6.45, 7) is 3.13. The monoisotopic (exact) mass is 569 g/mol. The number of likely N-dealkylation sites (tertiary alicyclic amines) is 1. The number of nitrogens with two attached hydrogens (primary N) is 1. The lowest BCUT2D eigenvalue weighted by Crippen LogP contribution is -2.63. The number of primary amides is 1. The van der Waals surface area contributed by atoms with Gasteiger partial charge in [0.2, 0.25) is 17.6 Å². The summed E-state index contributed by atoms with van der Waals surface area (Å²) in [7, 11) is 1.95. The molecule has 1 aromatic carbocycles. The highest BCUT2D eigenvalue weighted by Crippen LogP contribution is 2.57. The van der Waals surface area contributed by atoms with Gasteiger partial charge in [0.05, 0.1) is 6.42 Å². The third-order valence-corrected chi connectivity index (χ3v) is 9.95. The third-order valence-electron chi connectivity index (χ3n) is 9.95. The van der Waals surface area contributed by atoms with Crippen molar-refractivity contribution in [1.29, 1.82) is 0 Å². The molecule has 7 rings (SSSR count). The molecule has 0 unspecified atom stereocenters. The van der Waals surface area contributed by atoms with E-state index in [0.29, 0.717) is 60.8 Å². The van der Waals surface area contributed by atoms with Crippen molar-refractivity contribution in [2.24, 2.45) is 16.6 Å². The molecule has 0 spiro atoms. The number of carbonyl (C=O) groups is 1. The lowest BCUT2D eigenvalue weighted by Gasteiger charge is -2.55. The Bertz CT molecular complexity index is 1440. The van der Waals surface area contributed by atoms with Gasteiger partial charge in [-0.25, -0.2) is 0 Å². The lowest BCUT2D eigenvalue weighted by molar-refractivity contribution is -0.134. The fourth-order valence-electron chi connectivity index (χ4n) is 7.53. The molecule has 3 saturated carbocycles. The van der Waals surface area contributed by atoms with Crippen molar-refractivity contribution in [3.8, 4) is 11.4 Å². The number of halogens is 3. The quantitative estimate of drug-likeness (QED) is 0.430. The molecule has 2 bridgehead atoms. The van der Waals surface area contributed by atoms with E-state index >= 15 is 0 Å². The van der Waals surface area contributed by atoms with Crippen LogP contribution in [0.3, 0.4) is 0 Å². The predicted molar refractivity (Wildman–Crippen MR) is 143 cm³/mol. The van der Waals surface area contributed by atoms with Crippen molar-refractivity contribution in [1.82, 2.24) is 20.0 Å². The van der Waals surface area contributed by atoms with E-state index in [0.717, 1.165) is 19.3 Å². The fourth-order valence-corrected chi connectivity index (χ4v) is 7.53. The molecule has 4 aliphatic rings. The normalized spacial score (nSPS) is 27.3. The molecule has 8 nitrogen and oxygen atoms in total. The molecule has 41 heavy (non-hydrogen) atoms. The average Bonchev–Trinajstić information content (AvgIpc) is 3.44. The Morgan fingerprint density at radius 3 is 2.24 bits per heavy atom. The molecule has 3 N–H and O–H groups in total. The van der Waals surface area contributed by atoms with E-state index in [2.05, 4.69) is 15.0 Å². The van der Waals surface area contributed by atoms with Gasteiger partial charge in [-0.3, -0.25) is 9.78 Å². The number of aromatic nitrogens is 3. The van der Waals surface area contributed by atoms with E-state index in [1.807, 2.05) is 14.0 Å². The van der Waals surface area contributed by atoms with Gasteiger partial charge in [-0.2, -0.15) is 18.2 Å². The highest BCUT2D eigenvalue weighted by atomic mass is 19.4. The van der Waals surface area contributed by atoms with Crippen molar-refractivity contribution in [2.75, 3.05) is 20.1 Å². The lowest BCUT2D eigenvalue weighted by atomic mass is 9.53. The Morgan fingerprint density at radius 2 is 1.68 bits per heavy atom. The first-order chi connectivity index (χ1) is 19.3. The SMILES string of the molecule is CN1CC(C)([C@](O)(c2ccc(CC(F)(F)F)cc2)c2cncc(-c3noc(C45CCC(C(N)=O)(CC4)CC5)n3)c2)C1. The van der Waals surface area contributed by atoms with Crippen LogP contribution in [0, 0.1) is 10.8 Å². The van der Waals surface area contributed by atoms with Crippen LogP contribution in [-0.4, -0.2) is 57.4 Å². The van der Waals surface area contributed by atoms with Gasteiger partial charge in [-0.05, 0) is 62.8 Å². The van der Waals surface area contributed by atoms with E-state index in [1.165, 1.54) is 12.1 Å². The van der Waals surface area contributed by atoms with E-state index in [9.17, 15) is 23.1 Å². The Balaban J connectivity index is 1.33. The molecule has 3 heterocycles. The average molecular weight is 570 g/mol. The summed E-state index contributed by atoms with van der Waals surface area (Å²) >= 11 is 0. The van der Waals surface area contributed by atoms with Crippen molar-refractivity contribution in [2.45, 2.75) is 69.1 Å². The second-order valence-corrected chi connectivity index (χ2v) is 12.7. The molecule has 11 heteroatoms.